The van der Waals surface area contributed by atoms with E-state index in [0.29, 0.717) is 6.04 Å². The van der Waals surface area contributed by atoms with Crippen LogP contribution in [0, 0.1) is 0 Å². The number of aliphatic imine (C=N–C) groups is 1. The summed E-state index contributed by atoms with van der Waals surface area (Å²) in [6.45, 7) is 9.42. The van der Waals surface area contributed by atoms with E-state index in [1.165, 1.54) is 17.0 Å². The number of guanidine groups is 1. The molecule has 0 saturated heterocycles. The molecule has 1 unspecified atom stereocenters. The molecular weight excluding hydrogens is 377 g/mol. The first-order valence-corrected chi connectivity index (χ1v) is 7.58. The van der Waals surface area contributed by atoms with Gasteiger partial charge in [0.15, 0.2) is 5.96 Å². The first kappa shape index (κ1) is 20.2. The fourth-order valence-corrected chi connectivity index (χ4v) is 2.30. The van der Waals surface area contributed by atoms with Crippen LogP contribution in [-0.2, 0) is 26.4 Å². The van der Waals surface area contributed by atoms with Gasteiger partial charge in [0.05, 0.1) is 5.69 Å². The quantitative estimate of drug-likeness (QED) is 0.433. The highest BCUT2D eigenvalue weighted by atomic mass is 127. The van der Waals surface area contributed by atoms with Gasteiger partial charge >= 0.3 is 0 Å². The van der Waals surface area contributed by atoms with Gasteiger partial charge in [-0.05, 0) is 26.2 Å². The summed E-state index contributed by atoms with van der Waals surface area (Å²) in [6.07, 6.45) is 3.04. The Kier molecular flexibility index (Phi) is 9.65. The van der Waals surface area contributed by atoms with Crippen LogP contribution >= 0.6 is 24.0 Å². The van der Waals surface area contributed by atoms with Crippen molar-refractivity contribution in [3.05, 3.63) is 17.0 Å². The zero-order chi connectivity index (χ0) is 15.1. The van der Waals surface area contributed by atoms with Gasteiger partial charge < -0.3 is 10.6 Å². The molecule has 0 radical (unpaired) electrons. The number of hydrogen-bond donors (Lipinski definition) is 2. The minimum absolute atomic E-state index is 0. The smallest absolute Gasteiger partial charge is 0.191 e. The maximum atomic E-state index is 4.60. The van der Waals surface area contributed by atoms with Crippen LogP contribution < -0.4 is 10.6 Å². The van der Waals surface area contributed by atoms with Gasteiger partial charge in [-0.25, -0.2) is 0 Å². The molecule has 1 aromatic heterocycles. The Labute approximate surface area is 146 Å². The molecule has 0 amide bonds. The van der Waals surface area contributed by atoms with E-state index in [-0.39, 0.29) is 24.0 Å². The lowest BCUT2D eigenvalue weighted by Crippen LogP contribution is -2.41. The molecule has 0 saturated carbocycles. The minimum Gasteiger partial charge on any atom is -0.354 e. The van der Waals surface area contributed by atoms with E-state index in [2.05, 4.69) is 48.4 Å². The van der Waals surface area contributed by atoms with E-state index in [0.717, 1.165) is 31.8 Å². The van der Waals surface area contributed by atoms with Crippen molar-refractivity contribution in [3.8, 4) is 0 Å². The van der Waals surface area contributed by atoms with Crippen molar-refractivity contribution in [2.45, 2.75) is 59.5 Å². The van der Waals surface area contributed by atoms with Crippen LogP contribution in [0.3, 0.4) is 0 Å². The summed E-state index contributed by atoms with van der Waals surface area (Å²) in [4.78, 5) is 4.28. The third-order valence-electron chi connectivity index (χ3n) is 3.68. The summed E-state index contributed by atoms with van der Waals surface area (Å²) in [7, 11) is 3.83. The van der Waals surface area contributed by atoms with Crippen LogP contribution in [0.25, 0.3) is 0 Å². The van der Waals surface area contributed by atoms with E-state index >= 15 is 0 Å². The highest BCUT2D eigenvalue weighted by molar-refractivity contribution is 14.0. The monoisotopic (exact) mass is 407 g/mol. The SMILES string of the molecule is CCc1nn(C)c(CC)c1CNC(=NC)NC(C)CC.I. The predicted octanol–water partition coefficient (Wildman–Crippen LogP) is 2.63. The zero-order valence-corrected chi connectivity index (χ0v) is 16.5. The first-order chi connectivity index (χ1) is 9.57. The maximum absolute atomic E-state index is 4.60. The second-order valence-corrected chi connectivity index (χ2v) is 5.08. The Balaban J connectivity index is 0.00000400. The molecule has 0 bridgehead atoms. The second kappa shape index (κ2) is 10.0. The van der Waals surface area contributed by atoms with Gasteiger partial charge in [0, 0.05) is 37.9 Å². The molecule has 1 atom stereocenters. The van der Waals surface area contributed by atoms with Gasteiger partial charge in [-0.3, -0.25) is 9.67 Å². The number of halogens is 1. The van der Waals surface area contributed by atoms with Crippen molar-refractivity contribution in [2.75, 3.05) is 7.05 Å². The lowest BCUT2D eigenvalue weighted by Gasteiger charge is -2.16. The van der Waals surface area contributed by atoms with Gasteiger partial charge in [0.2, 0.25) is 0 Å². The summed E-state index contributed by atoms with van der Waals surface area (Å²) in [5.41, 5.74) is 3.79. The Morgan fingerprint density at radius 3 is 2.43 bits per heavy atom. The Morgan fingerprint density at radius 1 is 1.29 bits per heavy atom. The van der Waals surface area contributed by atoms with E-state index in [1.54, 1.807) is 0 Å². The number of nitrogens with one attached hydrogen (secondary N) is 2. The fraction of sp³-hybridized carbons (Fsp3) is 0.733. The molecule has 0 aliphatic rings. The summed E-state index contributed by atoms with van der Waals surface area (Å²) in [5.74, 6) is 0.854. The maximum Gasteiger partial charge on any atom is 0.191 e. The number of nitrogens with zero attached hydrogens (tertiary/aromatic N) is 3. The average Bonchev–Trinajstić information content (AvgIpc) is 2.77. The number of hydrogen-bond acceptors (Lipinski definition) is 2. The zero-order valence-electron chi connectivity index (χ0n) is 14.2. The molecule has 0 spiro atoms. The molecule has 0 aliphatic heterocycles. The molecular formula is C15H30IN5. The van der Waals surface area contributed by atoms with Gasteiger partial charge in [-0.1, -0.05) is 20.8 Å². The highest BCUT2D eigenvalue weighted by Gasteiger charge is 2.14. The van der Waals surface area contributed by atoms with Gasteiger partial charge in [0.1, 0.15) is 0 Å². The molecule has 1 aromatic rings. The van der Waals surface area contributed by atoms with E-state index < -0.39 is 0 Å². The van der Waals surface area contributed by atoms with E-state index in [9.17, 15) is 0 Å². The molecule has 5 nitrogen and oxygen atoms in total. The lowest BCUT2D eigenvalue weighted by atomic mass is 10.1. The van der Waals surface area contributed by atoms with Crippen molar-refractivity contribution < 1.29 is 0 Å². The van der Waals surface area contributed by atoms with E-state index in [1.807, 2.05) is 18.8 Å². The van der Waals surface area contributed by atoms with E-state index in [4.69, 9.17) is 0 Å². The van der Waals surface area contributed by atoms with Crippen LogP contribution in [-0.4, -0.2) is 28.8 Å². The molecule has 122 valence electrons. The second-order valence-electron chi connectivity index (χ2n) is 5.08. The molecule has 2 N–H and O–H groups in total. The minimum atomic E-state index is 0. The molecule has 1 rings (SSSR count). The Hall–Kier alpha value is -0.790. The lowest BCUT2D eigenvalue weighted by molar-refractivity contribution is 0.623. The third-order valence-corrected chi connectivity index (χ3v) is 3.68. The van der Waals surface area contributed by atoms with Gasteiger partial charge in [-0.15, -0.1) is 24.0 Å². The Morgan fingerprint density at radius 2 is 1.95 bits per heavy atom. The fourth-order valence-electron chi connectivity index (χ4n) is 2.30. The van der Waals surface area contributed by atoms with Crippen molar-refractivity contribution in [3.63, 3.8) is 0 Å². The van der Waals surface area contributed by atoms with Crippen molar-refractivity contribution in [2.24, 2.45) is 12.0 Å². The van der Waals surface area contributed by atoms with Crippen molar-refractivity contribution in [1.29, 1.82) is 0 Å². The molecule has 21 heavy (non-hydrogen) atoms. The first-order valence-electron chi connectivity index (χ1n) is 7.58. The molecule has 0 aromatic carbocycles. The predicted molar refractivity (Wildman–Crippen MR) is 100 cm³/mol. The number of aromatic nitrogens is 2. The van der Waals surface area contributed by atoms with Crippen LogP contribution in [0.4, 0.5) is 0 Å². The molecule has 0 fully saturated rings. The van der Waals surface area contributed by atoms with Gasteiger partial charge in [0.25, 0.3) is 0 Å². The molecule has 1 heterocycles. The number of aryl methyl sites for hydroxylation is 2. The highest BCUT2D eigenvalue weighted by Crippen LogP contribution is 2.15. The van der Waals surface area contributed by atoms with Crippen molar-refractivity contribution in [1.82, 2.24) is 20.4 Å². The van der Waals surface area contributed by atoms with Crippen LogP contribution in [0.1, 0.15) is 51.1 Å². The number of rotatable bonds is 6. The third kappa shape index (κ3) is 5.48. The topological polar surface area (TPSA) is 54.2 Å². The molecule has 6 heteroatoms. The normalized spacial score (nSPS) is 12.8. The average molecular weight is 407 g/mol. The van der Waals surface area contributed by atoms with Crippen LogP contribution in [0.5, 0.6) is 0 Å². The molecule has 0 aliphatic carbocycles. The summed E-state index contributed by atoms with van der Waals surface area (Å²) >= 11 is 0. The largest absolute Gasteiger partial charge is 0.354 e. The van der Waals surface area contributed by atoms with Crippen LogP contribution in [0.15, 0.2) is 4.99 Å². The van der Waals surface area contributed by atoms with Gasteiger partial charge in [-0.2, -0.15) is 5.10 Å². The van der Waals surface area contributed by atoms with Crippen LogP contribution in [0.2, 0.25) is 0 Å². The summed E-state index contributed by atoms with van der Waals surface area (Å²) < 4.78 is 2.00. The summed E-state index contributed by atoms with van der Waals surface area (Å²) in [6, 6.07) is 0.423. The summed E-state index contributed by atoms with van der Waals surface area (Å²) in [5, 5.41) is 11.4. The standard InChI is InChI=1S/C15H29N5.HI/c1-7-11(4)18-15(16-5)17-10-12-13(8-2)19-20(6)14(12)9-3;/h11H,7-10H2,1-6H3,(H2,16,17,18);1H. The Bertz CT molecular complexity index is 453. The van der Waals surface area contributed by atoms with Crippen molar-refractivity contribution >= 4 is 29.9 Å².